The highest BCUT2D eigenvalue weighted by atomic mass is 19.4. The summed E-state index contributed by atoms with van der Waals surface area (Å²) >= 11 is 0. The third-order valence-corrected chi connectivity index (χ3v) is 7.14. The first kappa shape index (κ1) is 30.5. The number of piperidine rings is 1. The van der Waals surface area contributed by atoms with Crippen LogP contribution in [0.25, 0.3) is 0 Å². The number of hydrogen-bond acceptors (Lipinski definition) is 5. The number of halogens is 5. The lowest BCUT2D eigenvalue weighted by atomic mass is 9.99. The Balaban J connectivity index is 1.83. The molecule has 4 N–H and O–H groups in total. The Hall–Kier alpha value is -3.02. The number of nitrogens with one attached hydrogen (secondary N) is 1. The van der Waals surface area contributed by atoms with Gasteiger partial charge < -0.3 is 16.2 Å². The van der Waals surface area contributed by atoms with Gasteiger partial charge in [-0.1, -0.05) is 31.0 Å². The molecule has 1 saturated carbocycles. The second-order valence-electron chi connectivity index (χ2n) is 10.4. The van der Waals surface area contributed by atoms with E-state index in [1.165, 1.54) is 18.2 Å². The van der Waals surface area contributed by atoms with Gasteiger partial charge in [0.15, 0.2) is 0 Å². The quantitative estimate of drug-likeness (QED) is 0.218. The van der Waals surface area contributed by atoms with Crippen molar-refractivity contribution in [1.29, 1.82) is 0 Å². The molecule has 1 amide bonds. The third kappa shape index (κ3) is 9.01. The van der Waals surface area contributed by atoms with Crippen LogP contribution in [0.15, 0.2) is 41.0 Å². The van der Waals surface area contributed by atoms with Gasteiger partial charge in [-0.05, 0) is 51.3 Å². The zero-order chi connectivity index (χ0) is 28.8. The number of nitrogens with zero attached hydrogens (tertiary/aromatic N) is 2. The van der Waals surface area contributed by atoms with Gasteiger partial charge in [-0.25, -0.2) is 8.78 Å². The summed E-state index contributed by atoms with van der Waals surface area (Å²) in [5, 5.41) is 11.9. The molecule has 1 aliphatic carbocycles. The van der Waals surface area contributed by atoms with E-state index in [4.69, 9.17) is 5.73 Å². The summed E-state index contributed by atoms with van der Waals surface area (Å²) in [6.07, 6.45) is -0.719. The molecule has 2 atom stereocenters. The van der Waals surface area contributed by atoms with Crippen LogP contribution < -0.4 is 11.1 Å². The predicted molar refractivity (Wildman–Crippen MR) is 137 cm³/mol. The van der Waals surface area contributed by atoms with Crippen LogP contribution in [0.2, 0.25) is 0 Å². The van der Waals surface area contributed by atoms with E-state index in [9.17, 15) is 36.6 Å². The number of hydrogen-bond donors (Lipinski definition) is 3. The van der Waals surface area contributed by atoms with Gasteiger partial charge in [0.05, 0.1) is 36.0 Å². The number of carbonyl (C=O) groups excluding carboxylic acids is 1. The molecular weight excluding hydrogens is 523 g/mol. The maximum atomic E-state index is 13.9. The average molecular weight is 559 g/mol. The highest BCUT2D eigenvalue weighted by Crippen LogP contribution is 2.33. The lowest BCUT2D eigenvalue weighted by molar-refractivity contribution is -0.138. The smallest absolute Gasteiger partial charge is 0.417 e. The molecular formula is C27H35F5N4O3. The van der Waals surface area contributed by atoms with Crippen molar-refractivity contribution in [3.05, 3.63) is 47.2 Å². The predicted octanol–water partition coefficient (Wildman–Crippen LogP) is 4.75. The molecule has 1 saturated heterocycles. The van der Waals surface area contributed by atoms with E-state index in [1.807, 2.05) is 0 Å². The number of alkyl halides is 5. The summed E-state index contributed by atoms with van der Waals surface area (Å²) in [5.74, 6) is -4.92. The number of nitrogens with two attached hydrogens (primary N) is 1. The van der Waals surface area contributed by atoms with E-state index in [2.05, 4.69) is 10.3 Å². The van der Waals surface area contributed by atoms with Crippen LogP contribution >= 0.6 is 0 Å². The number of rotatable bonds is 10. The van der Waals surface area contributed by atoms with Crippen molar-refractivity contribution >= 4 is 17.6 Å². The molecule has 0 aromatic heterocycles. The van der Waals surface area contributed by atoms with Crippen LogP contribution in [0.1, 0.15) is 69.4 Å². The number of allylic oxidation sites excluding steroid dienone is 1. The van der Waals surface area contributed by atoms with Gasteiger partial charge in [0, 0.05) is 24.1 Å². The summed E-state index contributed by atoms with van der Waals surface area (Å²) in [6.45, 7) is 1.65. The molecule has 1 aromatic rings. The Kier molecular flexibility index (Phi) is 10.1. The minimum Gasteiger partial charge on any atom is -0.481 e. The number of carbonyl (C=O) groups is 2. The Morgan fingerprint density at radius 2 is 1.90 bits per heavy atom. The molecule has 39 heavy (non-hydrogen) atoms. The van der Waals surface area contributed by atoms with Crippen molar-refractivity contribution in [3.8, 4) is 0 Å². The molecule has 0 bridgehead atoms. The van der Waals surface area contributed by atoms with Gasteiger partial charge in [0.25, 0.3) is 11.8 Å². The standard InChI is InChI=1S/C27H35F5N4O3/c1-17(36-12-6-11-26(28,29)16-36)13-19(14-24(37)38)35-25(39)22(33)15-23(34-18-7-2-3-8-18)20-9-4-5-10-21(20)27(30,31)32/h4-5,9-10,15,17-19H,2-3,6-8,11-14,16,33H2,1H3,(H,35,39)(H,37,38)/t17?,19-/m0/s1. The number of aliphatic imine (C=N–C) groups is 1. The Morgan fingerprint density at radius 3 is 2.51 bits per heavy atom. The third-order valence-electron chi connectivity index (χ3n) is 7.14. The monoisotopic (exact) mass is 558 g/mol. The highest BCUT2D eigenvalue weighted by molar-refractivity contribution is 6.13. The van der Waals surface area contributed by atoms with Crippen LogP contribution in [0.4, 0.5) is 22.0 Å². The summed E-state index contributed by atoms with van der Waals surface area (Å²) in [6, 6.07) is 3.29. The van der Waals surface area contributed by atoms with Crippen molar-refractivity contribution < 1.29 is 36.6 Å². The van der Waals surface area contributed by atoms with Crippen molar-refractivity contribution in [3.63, 3.8) is 0 Å². The number of benzene rings is 1. The van der Waals surface area contributed by atoms with Crippen molar-refractivity contribution in [2.75, 3.05) is 13.1 Å². The maximum absolute atomic E-state index is 13.9. The number of carboxylic acids is 1. The maximum Gasteiger partial charge on any atom is 0.417 e. The van der Waals surface area contributed by atoms with Crippen molar-refractivity contribution in [2.24, 2.45) is 10.7 Å². The minimum absolute atomic E-state index is 0.0708. The van der Waals surface area contributed by atoms with Crippen LogP contribution in [0.3, 0.4) is 0 Å². The van der Waals surface area contributed by atoms with E-state index in [0.717, 1.165) is 25.0 Å². The minimum atomic E-state index is -4.66. The molecule has 3 rings (SSSR count). The molecule has 0 spiro atoms. The molecule has 12 heteroatoms. The van der Waals surface area contributed by atoms with Crippen LogP contribution in [-0.4, -0.2) is 64.7 Å². The summed E-state index contributed by atoms with van der Waals surface area (Å²) in [5.41, 5.74) is 4.36. The van der Waals surface area contributed by atoms with Gasteiger partial charge in [0.2, 0.25) is 0 Å². The Labute approximate surface area is 224 Å². The van der Waals surface area contributed by atoms with Crippen molar-refractivity contribution in [2.45, 2.75) is 88.5 Å². The number of aliphatic carboxylic acids is 1. The first-order valence-electron chi connectivity index (χ1n) is 13.1. The number of carboxylic acid groups (broad SMARTS) is 1. The van der Waals surface area contributed by atoms with Gasteiger partial charge in [-0.15, -0.1) is 0 Å². The summed E-state index contributed by atoms with van der Waals surface area (Å²) in [4.78, 5) is 30.5. The number of likely N-dealkylation sites (tertiary alicyclic amines) is 1. The van der Waals surface area contributed by atoms with Gasteiger partial charge >= 0.3 is 12.1 Å². The van der Waals surface area contributed by atoms with E-state index in [0.29, 0.717) is 25.8 Å². The first-order chi connectivity index (χ1) is 18.2. The topological polar surface area (TPSA) is 108 Å². The van der Waals surface area contributed by atoms with Crippen LogP contribution in [0.5, 0.6) is 0 Å². The molecule has 216 valence electrons. The fraction of sp³-hybridized carbons (Fsp3) is 0.593. The SMILES string of the molecule is CC(C[C@@H](CC(=O)O)NC(=O)C(N)=CC(=NC1CCCC1)c1ccccc1C(F)(F)F)N1CCCC(F)(F)C1. The van der Waals surface area contributed by atoms with Gasteiger partial charge in [-0.3, -0.25) is 19.5 Å². The average Bonchev–Trinajstić information content (AvgIpc) is 3.35. The summed E-state index contributed by atoms with van der Waals surface area (Å²) in [7, 11) is 0. The first-order valence-corrected chi connectivity index (χ1v) is 13.1. The molecule has 0 radical (unpaired) electrons. The van der Waals surface area contributed by atoms with E-state index in [-0.39, 0.29) is 30.2 Å². The lowest BCUT2D eigenvalue weighted by Gasteiger charge is -2.37. The highest BCUT2D eigenvalue weighted by Gasteiger charge is 2.37. The molecule has 1 aromatic carbocycles. The number of amides is 1. The fourth-order valence-corrected chi connectivity index (χ4v) is 5.19. The fourth-order valence-electron chi connectivity index (χ4n) is 5.19. The zero-order valence-corrected chi connectivity index (χ0v) is 21.8. The second kappa shape index (κ2) is 12.9. The van der Waals surface area contributed by atoms with E-state index in [1.54, 1.807) is 11.8 Å². The largest absolute Gasteiger partial charge is 0.481 e. The van der Waals surface area contributed by atoms with E-state index >= 15 is 0 Å². The Bertz CT molecular complexity index is 1080. The van der Waals surface area contributed by atoms with Crippen molar-refractivity contribution in [1.82, 2.24) is 10.2 Å². The van der Waals surface area contributed by atoms with Gasteiger partial charge in [0.1, 0.15) is 0 Å². The van der Waals surface area contributed by atoms with Crippen LogP contribution in [-0.2, 0) is 15.8 Å². The van der Waals surface area contributed by atoms with Crippen LogP contribution in [0, 0.1) is 0 Å². The summed E-state index contributed by atoms with van der Waals surface area (Å²) < 4.78 is 69.0. The zero-order valence-electron chi connectivity index (χ0n) is 21.8. The molecule has 1 aliphatic heterocycles. The van der Waals surface area contributed by atoms with Gasteiger partial charge in [-0.2, -0.15) is 13.2 Å². The molecule has 7 nitrogen and oxygen atoms in total. The Morgan fingerprint density at radius 1 is 1.23 bits per heavy atom. The molecule has 1 heterocycles. The molecule has 1 unspecified atom stereocenters. The van der Waals surface area contributed by atoms with E-state index < -0.39 is 60.3 Å². The lowest BCUT2D eigenvalue weighted by Crippen LogP contribution is -2.49. The second-order valence-corrected chi connectivity index (χ2v) is 10.4. The molecule has 2 aliphatic rings. The molecule has 2 fully saturated rings. The normalized spacial score (nSPS) is 21.0.